The fourth-order valence-electron chi connectivity index (χ4n) is 13.2. The Kier molecular flexibility index (Phi) is 26.0. The molecule has 3 aliphatic heterocycles. The fourth-order valence-corrected chi connectivity index (χ4v) is 14.5. The van der Waals surface area contributed by atoms with Gasteiger partial charge in [-0.15, -0.1) is 0 Å². The van der Waals surface area contributed by atoms with Crippen LogP contribution in [-0.4, -0.2) is 179 Å². The van der Waals surface area contributed by atoms with Gasteiger partial charge in [-0.05, 0) is 149 Å². The van der Waals surface area contributed by atoms with Crippen LogP contribution in [0.4, 0.5) is 73.6 Å². The number of allylic oxidation sites excluding steroid dienone is 1. The quantitative estimate of drug-likeness (QED) is 0.0326. The minimum atomic E-state index is -2.41. The molecule has 23 nitrogen and oxygen atoms in total. The first-order valence-corrected chi connectivity index (χ1v) is 38.7. The molecule has 1 amide bonds. The lowest BCUT2D eigenvalue weighted by molar-refractivity contribution is 0.0982. The van der Waals surface area contributed by atoms with Gasteiger partial charge in [-0.2, -0.15) is 9.97 Å². The summed E-state index contributed by atoms with van der Waals surface area (Å²) in [6.07, 6.45) is 10.6. The van der Waals surface area contributed by atoms with Gasteiger partial charge in [0, 0.05) is 124 Å². The highest BCUT2D eigenvalue weighted by Crippen LogP contribution is 2.41. The molecule has 3 aromatic heterocycles. The molecule has 0 unspecified atom stereocenters. The van der Waals surface area contributed by atoms with Gasteiger partial charge in [-0.25, -0.2) is 19.3 Å². The highest BCUT2D eigenvalue weighted by molar-refractivity contribution is 7.70. The molecule has 0 spiro atoms. The number of piperidine rings is 1. The molecule has 6 aromatic carbocycles. The molecule has 0 bridgehead atoms. The third kappa shape index (κ3) is 19.5. The fraction of sp³-hybridized carbons (Fsp3) is 0.333. The number of nitrogens with zero attached hydrogens (tertiary/aromatic N) is 10. The average molecular weight is 1520 g/mol. The van der Waals surface area contributed by atoms with Crippen molar-refractivity contribution in [3.63, 3.8) is 0 Å². The number of rotatable bonds is 23. The average Bonchev–Trinajstić information content (AvgIpc) is 1.50. The maximum Gasteiger partial charge on any atom is 0.251 e. The summed E-state index contributed by atoms with van der Waals surface area (Å²) in [5, 5.41) is 18.2. The van der Waals surface area contributed by atoms with Crippen LogP contribution in [0.2, 0.25) is 15.1 Å². The molecular formula is C78H91Cl3FN16O7P. The predicted octanol–water partition coefficient (Wildman–Crippen LogP) is 15.1. The minimum absolute atomic E-state index is 0.0685. The number of anilines is 12. The summed E-state index contributed by atoms with van der Waals surface area (Å²) < 4.78 is 54.4. The van der Waals surface area contributed by atoms with Crippen LogP contribution >= 0.6 is 41.9 Å². The van der Waals surface area contributed by atoms with Crippen LogP contribution < -0.4 is 71.1 Å². The second-order valence-corrected chi connectivity index (χ2v) is 31.0. The Morgan fingerprint density at radius 2 is 1.11 bits per heavy atom. The van der Waals surface area contributed by atoms with Gasteiger partial charge in [-0.3, -0.25) is 14.6 Å². The van der Waals surface area contributed by atoms with E-state index in [9.17, 15) is 13.8 Å². The third-order valence-corrected chi connectivity index (χ3v) is 21.3. The number of pyridine rings is 1. The predicted molar refractivity (Wildman–Crippen MR) is 427 cm³/mol. The molecule has 0 saturated carbocycles. The number of primary amides is 1. The van der Waals surface area contributed by atoms with E-state index in [1.165, 1.54) is 57.0 Å². The SMILES string of the molecule is COc1cc(N2CCC(N3CCN(C)CC3)CC2)ccc1Nc1ncc(Cl)c(Nc2ccccc2OC)n1.COc1cc(N2CCN(C(C)C)CC2)ccc1Nc1cc(Cc2cccc(F)c2C(N)=O)c2c(n1)CC=C2.COc1cc(P(C)(C)=O)ccc1Nc1ncc(Cl)c(Nc2ccc(Cl)cc2OC)n1. The number of amides is 1. The number of likely N-dealkylation sites (N-methyl/N-ethyl adjacent to an activating group) is 1. The standard InChI is InChI=1S/C30H34FN5O2.C28H36ClN7O2.C20H21Cl2N4O3P/c1-19(2)35-12-14-36(15-13-35)22-10-11-26(27(18-22)38-3)34-28-17-21(23-7-5-9-25(23)33-28)16-20-6-4-8-24(31)29(20)30(32)37;1-34-14-16-36(17-15-34)20-10-12-35(13-11-20)21-8-9-24(26(18-21)38-3)32-28-30-19-22(29)27(33-28)31-23-6-4-5-7-25(23)37-2;1-28-17-9-12(21)5-7-15(17)24-19-14(22)11-23-20(26-19)25-16-8-6-13(30(3,4)27)10-18(16)29-2/h4-8,10-11,17-19H,9,12-16H2,1-3H3,(H2,32,37)(H,33,34);4-9,18-20H,10-17H2,1-3H3,(H2,30,31,32,33);5-11H,1-4H3,(H2,23,24,25,26). The van der Waals surface area contributed by atoms with Gasteiger partial charge in [0.2, 0.25) is 11.9 Å². The van der Waals surface area contributed by atoms with Crippen molar-refractivity contribution < 1.29 is 37.4 Å². The lowest BCUT2D eigenvalue weighted by atomic mass is 9.96. The maximum atomic E-state index is 14.4. The number of hydrogen-bond acceptors (Lipinski definition) is 22. The number of nitrogens with one attached hydrogen (secondary N) is 5. The Labute approximate surface area is 634 Å². The Morgan fingerprint density at radius 3 is 1.69 bits per heavy atom. The Balaban J connectivity index is 0.000000160. The first-order chi connectivity index (χ1) is 51.1. The highest BCUT2D eigenvalue weighted by Gasteiger charge is 2.29. The summed E-state index contributed by atoms with van der Waals surface area (Å²) in [4.78, 5) is 46.8. The van der Waals surface area contributed by atoms with E-state index in [1.54, 1.807) is 104 Å². The number of piperazine rings is 2. The molecule has 1 aliphatic carbocycles. The second kappa shape index (κ2) is 35.6. The van der Waals surface area contributed by atoms with Crippen molar-refractivity contribution in [1.82, 2.24) is 39.6 Å². The van der Waals surface area contributed by atoms with Crippen molar-refractivity contribution in [3.05, 3.63) is 189 Å². The van der Waals surface area contributed by atoms with E-state index in [4.69, 9.17) is 69.2 Å². The van der Waals surface area contributed by atoms with Gasteiger partial charge in [0.1, 0.15) is 57.6 Å². The van der Waals surface area contributed by atoms with Crippen molar-refractivity contribution >= 4 is 128 Å². The molecule has 28 heteroatoms. The number of halogens is 4. The zero-order valence-electron chi connectivity index (χ0n) is 61.3. The first kappa shape index (κ1) is 77.4. The molecule has 0 radical (unpaired) electrons. The van der Waals surface area contributed by atoms with Crippen molar-refractivity contribution in [2.75, 3.05) is 158 Å². The number of para-hydroxylation sites is 2. The normalized spacial score (nSPS) is 14.8. The van der Waals surface area contributed by atoms with Gasteiger partial charge < -0.3 is 75.3 Å². The number of methoxy groups -OCH3 is 5. The third-order valence-electron chi connectivity index (χ3n) is 19.0. The van der Waals surface area contributed by atoms with Crippen LogP contribution in [0.25, 0.3) is 6.08 Å². The number of ether oxygens (including phenoxy) is 5. The van der Waals surface area contributed by atoms with Crippen molar-refractivity contribution in [3.8, 4) is 28.7 Å². The Morgan fingerprint density at radius 1 is 0.585 bits per heavy atom. The van der Waals surface area contributed by atoms with Gasteiger partial charge in [0.25, 0.3) is 5.91 Å². The van der Waals surface area contributed by atoms with E-state index < -0.39 is 18.9 Å². The van der Waals surface area contributed by atoms with Gasteiger partial charge in [0.15, 0.2) is 11.6 Å². The van der Waals surface area contributed by atoms with Crippen LogP contribution in [0.3, 0.4) is 0 Å². The number of nitrogens with two attached hydrogens (primary N) is 1. The van der Waals surface area contributed by atoms with E-state index in [0.29, 0.717) is 104 Å². The molecule has 3 saturated heterocycles. The lowest BCUT2D eigenvalue weighted by Crippen LogP contribution is -2.52. The molecule has 6 heterocycles. The molecule has 3 fully saturated rings. The van der Waals surface area contributed by atoms with E-state index >= 15 is 0 Å². The van der Waals surface area contributed by atoms with E-state index in [2.05, 4.69) is 122 Å². The van der Waals surface area contributed by atoms with E-state index in [1.807, 2.05) is 48.5 Å². The summed E-state index contributed by atoms with van der Waals surface area (Å²) in [6.45, 7) is 18.7. The van der Waals surface area contributed by atoms with E-state index in [0.717, 1.165) is 95.6 Å². The largest absolute Gasteiger partial charge is 0.495 e. The molecule has 558 valence electrons. The lowest BCUT2D eigenvalue weighted by Gasteiger charge is -2.42. The molecule has 7 N–H and O–H groups in total. The first-order valence-electron chi connectivity index (χ1n) is 35.0. The molecule has 0 atom stereocenters. The summed E-state index contributed by atoms with van der Waals surface area (Å²) in [5.41, 5.74) is 14.8. The van der Waals surface area contributed by atoms with Crippen molar-refractivity contribution in [2.45, 2.75) is 51.6 Å². The molecular weight excluding hydrogens is 1430 g/mol. The second-order valence-electron chi connectivity index (χ2n) is 26.6. The number of carbonyl (C=O) groups is 1. The minimum Gasteiger partial charge on any atom is -0.495 e. The smallest absolute Gasteiger partial charge is 0.251 e. The number of carbonyl (C=O) groups excluding carboxylic acids is 1. The van der Waals surface area contributed by atoms with Crippen LogP contribution in [0.1, 0.15) is 59.4 Å². The number of hydrogen-bond donors (Lipinski definition) is 6. The van der Waals surface area contributed by atoms with Gasteiger partial charge in [-0.1, -0.05) is 71.2 Å². The van der Waals surface area contributed by atoms with Crippen LogP contribution in [-0.2, 0) is 17.4 Å². The number of fused-ring (bicyclic) bond motifs is 1. The van der Waals surface area contributed by atoms with Crippen LogP contribution in [0.15, 0.2) is 140 Å². The summed E-state index contributed by atoms with van der Waals surface area (Å²) in [6, 6.07) is 38.3. The van der Waals surface area contributed by atoms with E-state index in [-0.39, 0.29) is 5.56 Å². The Bertz CT molecular complexity index is 4650. The summed E-state index contributed by atoms with van der Waals surface area (Å²) in [5.74, 6) is 4.11. The van der Waals surface area contributed by atoms with Crippen LogP contribution in [0.5, 0.6) is 28.7 Å². The molecule has 13 rings (SSSR count). The molecule has 4 aliphatic rings. The topological polar surface area (TPSA) is 247 Å². The van der Waals surface area contributed by atoms with Crippen molar-refractivity contribution in [1.29, 1.82) is 0 Å². The maximum absolute atomic E-state index is 14.4. The number of aromatic nitrogens is 5. The monoisotopic (exact) mass is 1520 g/mol. The summed E-state index contributed by atoms with van der Waals surface area (Å²) in [7, 11) is 7.87. The zero-order chi connectivity index (χ0) is 75.2. The van der Waals surface area contributed by atoms with Crippen molar-refractivity contribution in [2.24, 2.45) is 5.73 Å². The number of benzene rings is 6. The molecule has 106 heavy (non-hydrogen) atoms. The summed E-state index contributed by atoms with van der Waals surface area (Å²) >= 11 is 18.7. The van der Waals surface area contributed by atoms with Crippen LogP contribution in [0, 0.1) is 5.82 Å². The zero-order valence-corrected chi connectivity index (χ0v) is 64.4. The Hall–Kier alpha value is -9.65. The molecule has 9 aromatic rings. The van der Waals surface area contributed by atoms with Gasteiger partial charge >= 0.3 is 0 Å². The van der Waals surface area contributed by atoms with Gasteiger partial charge in [0.05, 0.1) is 87.6 Å². The highest BCUT2D eigenvalue weighted by atomic mass is 35.5.